The van der Waals surface area contributed by atoms with Gasteiger partial charge in [0.05, 0.1) is 0 Å². The van der Waals surface area contributed by atoms with E-state index in [1.54, 1.807) is 0 Å². The molecule has 0 radical (unpaired) electrons. The molecule has 0 saturated carbocycles. The number of fused-ring (bicyclic) bond motifs is 2. The lowest BCUT2D eigenvalue weighted by Crippen LogP contribution is -2.46. The molecule has 2 aliphatic heterocycles. The zero-order valence-electron chi connectivity index (χ0n) is 22.0. The van der Waals surface area contributed by atoms with Crippen LogP contribution < -0.4 is 29.6 Å². The van der Waals surface area contributed by atoms with E-state index in [0.29, 0.717) is 13.2 Å². The zero-order valence-corrected chi connectivity index (χ0v) is 22.0. The lowest BCUT2D eigenvalue weighted by atomic mass is 10.1. The molecule has 2 aromatic rings. The van der Waals surface area contributed by atoms with Crippen LogP contribution in [0.4, 0.5) is 0 Å². The Morgan fingerprint density at radius 1 is 0.583 bits per heavy atom. The Morgan fingerprint density at radius 3 is 1.36 bits per heavy atom. The number of ether oxygens (including phenoxy) is 4. The summed E-state index contributed by atoms with van der Waals surface area (Å²) in [7, 11) is 0. The van der Waals surface area contributed by atoms with E-state index >= 15 is 0 Å². The van der Waals surface area contributed by atoms with Crippen LogP contribution in [0, 0.1) is 0 Å². The molecule has 4 rings (SSSR count). The second-order valence-electron chi connectivity index (χ2n) is 10.1. The Balaban J connectivity index is 0.942. The van der Waals surface area contributed by atoms with Crippen molar-refractivity contribution in [3.63, 3.8) is 0 Å². The molecule has 0 aliphatic carbocycles. The molecule has 2 heterocycles. The molecule has 0 aromatic heterocycles. The summed E-state index contributed by atoms with van der Waals surface area (Å²) in [6.45, 7) is 7.66. The summed E-state index contributed by atoms with van der Waals surface area (Å²) in [5.41, 5.74) is 0. The van der Waals surface area contributed by atoms with E-state index in [9.17, 15) is 0 Å². The molecular weight excluding hydrogens is 452 g/mol. The van der Waals surface area contributed by atoms with Crippen molar-refractivity contribution in [3.8, 4) is 23.0 Å². The van der Waals surface area contributed by atoms with Crippen molar-refractivity contribution in [3.05, 3.63) is 48.5 Å². The topological polar surface area (TPSA) is 61.0 Å². The lowest BCUT2D eigenvalue weighted by Gasteiger charge is -2.31. The third-order valence-electron chi connectivity index (χ3n) is 7.21. The van der Waals surface area contributed by atoms with Gasteiger partial charge in [-0.1, -0.05) is 62.8 Å². The Labute approximate surface area is 217 Å². The molecule has 0 fully saturated rings. The summed E-state index contributed by atoms with van der Waals surface area (Å²) < 4.78 is 23.9. The summed E-state index contributed by atoms with van der Waals surface area (Å²) in [6, 6.07) is 16.4. The van der Waals surface area contributed by atoms with Gasteiger partial charge >= 0.3 is 0 Å². The Morgan fingerprint density at radius 2 is 0.944 bits per heavy atom. The second-order valence-corrected chi connectivity index (χ2v) is 10.1. The molecule has 6 heteroatoms. The fourth-order valence-electron chi connectivity index (χ4n) is 4.80. The second kappa shape index (κ2) is 14.3. The maximum atomic E-state index is 6.10. The van der Waals surface area contributed by atoms with Crippen molar-refractivity contribution in [1.29, 1.82) is 0 Å². The van der Waals surface area contributed by atoms with Crippen LogP contribution in [-0.2, 0) is 0 Å². The number of unbranched alkanes of at least 4 members (excludes halogenated alkanes) is 7. The largest absolute Gasteiger partial charge is 0.486 e. The molecule has 0 spiro atoms. The van der Waals surface area contributed by atoms with E-state index in [1.807, 2.05) is 48.5 Å². The maximum absolute atomic E-state index is 6.10. The molecule has 2 N–H and O–H groups in total. The van der Waals surface area contributed by atoms with E-state index in [-0.39, 0.29) is 24.3 Å². The fourth-order valence-corrected chi connectivity index (χ4v) is 4.80. The molecule has 36 heavy (non-hydrogen) atoms. The van der Waals surface area contributed by atoms with Crippen LogP contribution in [-0.4, -0.2) is 50.6 Å². The maximum Gasteiger partial charge on any atom is 0.161 e. The average Bonchev–Trinajstić information content (AvgIpc) is 2.92. The molecule has 198 valence electrons. The summed E-state index contributed by atoms with van der Waals surface area (Å²) in [4.78, 5) is 0. The highest BCUT2D eigenvalue weighted by Gasteiger charge is 2.26. The quantitative estimate of drug-likeness (QED) is 0.307. The van der Waals surface area contributed by atoms with Crippen LogP contribution in [0.25, 0.3) is 0 Å². The van der Waals surface area contributed by atoms with E-state index in [1.165, 1.54) is 51.4 Å². The highest BCUT2D eigenvalue weighted by atomic mass is 16.6. The van der Waals surface area contributed by atoms with Crippen LogP contribution in [0.2, 0.25) is 0 Å². The molecule has 2 aromatic carbocycles. The minimum Gasteiger partial charge on any atom is -0.486 e. The van der Waals surface area contributed by atoms with Gasteiger partial charge in [0.2, 0.25) is 0 Å². The lowest BCUT2D eigenvalue weighted by molar-refractivity contribution is 0.0666. The molecule has 0 unspecified atom stereocenters. The predicted molar refractivity (Wildman–Crippen MR) is 145 cm³/mol. The molecule has 2 aliphatic rings. The minimum absolute atomic E-state index is 0.0672. The third kappa shape index (κ3) is 8.04. The third-order valence-corrected chi connectivity index (χ3v) is 7.21. The first-order valence-corrected chi connectivity index (χ1v) is 13.9. The number of hydrogen-bond acceptors (Lipinski definition) is 6. The Hall–Kier alpha value is -2.44. The van der Waals surface area contributed by atoms with Crippen LogP contribution in [0.5, 0.6) is 23.0 Å². The van der Waals surface area contributed by atoms with Crippen molar-refractivity contribution in [1.82, 2.24) is 10.6 Å². The van der Waals surface area contributed by atoms with Crippen molar-refractivity contribution in [2.45, 2.75) is 89.5 Å². The monoisotopic (exact) mass is 496 g/mol. The van der Waals surface area contributed by atoms with Gasteiger partial charge in [-0.25, -0.2) is 0 Å². The predicted octanol–water partition coefficient (Wildman–Crippen LogP) is 5.74. The summed E-state index contributed by atoms with van der Waals surface area (Å²) in [5, 5.41) is 7.23. The standard InChI is InChI=1S/C30H44N2O4/c1-23(29-21-33-25-15-9-11-17-27(25)35-29)31-19-13-7-5-3-4-6-8-14-20-32-24(2)30-22-34-26-16-10-12-18-28(26)36-30/h9-12,15-18,23-24,29-32H,3-8,13-14,19-22H2,1-2H3/t23-,24+,29-,30-/m1/s1. The first-order chi connectivity index (χ1) is 17.7. The van der Waals surface area contributed by atoms with Gasteiger partial charge in [0.25, 0.3) is 0 Å². The van der Waals surface area contributed by atoms with Crippen LogP contribution >= 0.6 is 0 Å². The number of benzene rings is 2. The molecule has 0 amide bonds. The summed E-state index contributed by atoms with van der Waals surface area (Å²) in [5.74, 6) is 3.41. The van der Waals surface area contributed by atoms with Crippen LogP contribution in [0.1, 0.15) is 65.2 Å². The molecule has 0 saturated heterocycles. The summed E-state index contributed by atoms with van der Waals surface area (Å²) >= 11 is 0. The van der Waals surface area contributed by atoms with Gasteiger partial charge in [0.15, 0.2) is 23.0 Å². The van der Waals surface area contributed by atoms with Gasteiger partial charge in [-0.15, -0.1) is 0 Å². The van der Waals surface area contributed by atoms with Crippen molar-refractivity contribution in [2.75, 3.05) is 26.3 Å². The van der Waals surface area contributed by atoms with Gasteiger partial charge in [-0.3, -0.25) is 0 Å². The number of hydrogen-bond donors (Lipinski definition) is 2. The summed E-state index contributed by atoms with van der Waals surface area (Å²) in [6.07, 6.45) is 10.5. The highest BCUT2D eigenvalue weighted by Crippen LogP contribution is 2.32. The van der Waals surface area contributed by atoms with Gasteiger partial charge in [0.1, 0.15) is 25.4 Å². The van der Waals surface area contributed by atoms with E-state index in [2.05, 4.69) is 24.5 Å². The van der Waals surface area contributed by atoms with Crippen molar-refractivity contribution in [2.24, 2.45) is 0 Å². The van der Waals surface area contributed by atoms with E-state index in [4.69, 9.17) is 18.9 Å². The zero-order chi connectivity index (χ0) is 25.0. The van der Waals surface area contributed by atoms with Crippen LogP contribution in [0.15, 0.2) is 48.5 Å². The van der Waals surface area contributed by atoms with Gasteiger partial charge in [0, 0.05) is 12.1 Å². The van der Waals surface area contributed by atoms with E-state index < -0.39 is 0 Å². The normalized spacial score (nSPS) is 20.1. The highest BCUT2D eigenvalue weighted by molar-refractivity contribution is 5.41. The van der Waals surface area contributed by atoms with E-state index in [0.717, 1.165) is 36.1 Å². The SMILES string of the molecule is C[C@H](NCCCCCCCCCCN[C@H](C)[C@H]1COc2ccccc2O1)[C@H]1COc2ccccc2O1. The number of para-hydroxylation sites is 4. The first kappa shape index (κ1) is 26.6. The van der Waals surface area contributed by atoms with Crippen molar-refractivity contribution < 1.29 is 18.9 Å². The number of nitrogens with one attached hydrogen (secondary N) is 2. The van der Waals surface area contributed by atoms with Gasteiger partial charge in [-0.2, -0.15) is 0 Å². The molecule has 0 bridgehead atoms. The fraction of sp³-hybridized carbons (Fsp3) is 0.600. The molecule has 6 nitrogen and oxygen atoms in total. The Kier molecular flexibility index (Phi) is 10.6. The molecule has 4 atom stereocenters. The molecular formula is C30H44N2O4. The Bertz CT molecular complexity index is 835. The minimum atomic E-state index is 0.0672. The first-order valence-electron chi connectivity index (χ1n) is 13.9. The van der Waals surface area contributed by atoms with Gasteiger partial charge in [-0.05, 0) is 64.0 Å². The van der Waals surface area contributed by atoms with Crippen LogP contribution in [0.3, 0.4) is 0 Å². The van der Waals surface area contributed by atoms with Gasteiger partial charge < -0.3 is 29.6 Å². The number of rotatable bonds is 15. The smallest absolute Gasteiger partial charge is 0.161 e. The van der Waals surface area contributed by atoms with Crippen molar-refractivity contribution >= 4 is 0 Å². The average molecular weight is 497 g/mol.